The summed E-state index contributed by atoms with van der Waals surface area (Å²) in [5.74, 6) is -0.268. The molecule has 0 aromatic heterocycles. The molecule has 0 N–H and O–H groups in total. The van der Waals surface area contributed by atoms with E-state index in [0.29, 0.717) is 25.7 Å². The minimum atomic E-state index is -0.324. The summed E-state index contributed by atoms with van der Waals surface area (Å²) < 4.78 is 4.54. The van der Waals surface area contributed by atoms with Gasteiger partial charge in [-0.25, -0.2) is 0 Å². The first-order chi connectivity index (χ1) is 8.15. The third-order valence-corrected chi connectivity index (χ3v) is 3.25. The van der Waals surface area contributed by atoms with Crippen molar-refractivity contribution >= 4 is 17.5 Å². The first-order valence-corrected chi connectivity index (χ1v) is 6.27. The van der Waals surface area contributed by atoms with Crippen molar-refractivity contribution in [2.45, 2.75) is 51.4 Å². The second-order valence-electron chi connectivity index (χ2n) is 4.51. The van der Waals surface area contributed by atoms with Crippen LogP contribution in [0, 0.1) is 5.92 Å². The number of esters is 1. The third-order valence-electron chi connectivity index (χ3n) is 3.25. The van der Waals surface area contributed by atoms with E-state index in [9.17, 15) is 14.4 Å². The summed E-state index contributed by atoms with van der Waals surface area (Å²) in [6.45, 7) is 0. The number of ketones is 2. The van der Waals surface area contributed by atoms with Crippen LogP contribution in [0.15, 0.2) is 0 Å². The molecule has 0 unspecified atom stereocenters. The minimum Gasteiger partial charge on any atom is -0.469 e. The molecule has 1 aliphatic rings. The molecule has 0 bridgehead atoms. The molecule has 1 rings (SSSR count). The maximum absolute atomic E-state index is 11.4. The zero-order valence-electron chi connectivity index (χ0n) is 10.4. The highest BCUT2D eigenvalue weighted by molar-refractivity contribution is 6.08. The Morgan fingerprint density at radius 1 is 1.12 bits per heavy atom. The highest BCUT2D eigenvalue weighted by Gasteiger charge is 2.31. The van der Waals surface area contributed by atoms with Gasteiger partial charge in [-0.2, -0.15) is 0 Å². The summed E-state index contributed by atoms with van der Waals surface area (Å²) in [5.41, 5.74) is 0. The molecule has 1 fully saturated rings. The first kappa shape index (κ1) is 13.9. The monoisotopic (exact) mass is 240 g/mol. The van der Waals surface area contributed by atoms with E-state index in [0.717, 1.165) is 25.7 Å². The van der Waals surface area contributed by atoms with Crippen LogP contribution >= 0.6 is 0 Å². The molecule has 96 valence electrons. The predicted octanol–water partition coefficient (Wildman–Crippen LogP) is 2.05. The highest BCUT2D eigenvalue weighted by atomic mass is 16.5. The lowest BCUT2D eigenvalue weighted by Gasteiger charge is -2.06. The molecule has 1 aliphatic carbocycles. The topological polar surface area (TPSA) is 60.4 Å². The molecule has 4 heteroatoms. The molecular weight excluding hydrogens is 220 g/mol. The van der Waals surface area contributed by atoms with E-state index >= 15 is 0 Å². The second kappa shape index (κ2) is 7.20. The SMILES string of the molecule is COC(=O)CCCCCCC1C(=O)CCC1=O. The number of hydrogen-bond donors (Lipinski definition) is 0. The lowest BCUT2D eigenvalue weighted by atomic mass is 9.97. The van der Waals surface area contributed by atoms with Crippen molar-refractivity contribution in [2.24, 2.45) is 5.92 Å². The predicted molar refractivity (Wildman–Crippen MR) is 62.5 cm³/mol. The molecule has 0 aliphatic heterocycles. The second-order valence-corrected chi connectivity index (χ2v) is 4.51. The number of carbonyl (C=O) groups is 3. The number of Topliss-reactive ketones (excluding diaryl/α,β-unsaturated/α-hetero) is 2. The van der Waals surface area contributed by atoms with Gasteiger partial charge in [-0.3, -0.25) is 14.4 Å². The van der Waals surface area contributed by atoms with Gasteiger partial charge in [-0.15, -0.1) is 0 Å². The molecule has 0 spiro atoms. The van der Waals surface area contributed by atoms with Crippen LogP contribution in [0.3, 0.4) is 0 Å². The third kappa shape index (κ3) is 4.67. The molecule has 0 saturated heterocycles. The molecular formula is C13H20O4. The van der Waals surface area contributed by atoms with E-state index in [1.165, 1.54) is 7.11 Å². The fourth-order valence-electron chi connectivity index (χ4n) is 2.17. The van der Waals surface area contributed by atoms with Gasteiger partial charge in [0, 0.05) is 19.3 Å². The number of unbranched alkanes of at least 4 members (excludes halogenated alkanes) is 3. The quantitative estimate of drug-likeness (QED) is 0.388. The van der Waals surface area contributed by atoms with Gasteiger partial charge in [0.25, 0.3) is 0 Å². The van der Waals surface area contributed by atoms with Crippen molar-refractivity contribution in [3.63, 3.8) is 0 Å². The van der Waals surface area contributed by atoms with Crippen LogP contribution in [0.25, 0.3) is 0 Å². The van der Waals surface area contributed by atoms with Crippen LogP contribution in [0.4, 0.5) is 0 Å². The zero-order chi connectivity index (χ0) is 12.7. The zero-order valence-corrected chi connectivity index (χ0v) is 10.4. The standard InChI is InChI=1S/C13H20O4/c1-17-13(16)7-5-3-2-4-6-10-11(14)8-9-12(10)15/h10H,2-9H2,1H3. The molecule has 4 nitrogen and oxygen atoms in total. The highest BCUT2D eigenvalue weighted by Crippen LogP contribution is 2.23. The van der Waals surface area contributed by atoms with Crippen LogP contribution < -0.4 is 0 Å². The van der Waals surface area contributed by atoms with Crippen LogP contribution in [-0.4, -0.2) is 24.6 Å². The van der Waals surface area contributed by atoms with Gasteiger partial charge in [0.2, 0.25) is 0 Å². The minimum absolute atomic E-state index is 0.115. The van der Waals surface area contributed by atoms with Crippen molar-refractivity contribution in [3.8, 4) is 0 Å². The Bertz CT molecular complexity index is 280. The van der Waals surface area contributed by atoms with Crippen LogP contribution in [0.1, 0.15) is 51.4 Å². The van der Waals surface area contributed by atoms with Crippen molar-refractivity contribution < 1.29 is 19.1 Å². The van der Waals surface area contributed by atoms with Crippen molar-refractivity contribution in [1.82, 2.24) is 0 Å². The summed E-state index contributed by atoms with van der Waals surface area (Å²) in [4.78, 5) is 33.5. The summed E-state index contributed by atoms with van der Waals surface area (Å²) in [5, 5.41) is 0. The summed E-state index contributed by atoms with van der Waals surface area (Å²) in [6, 6.07) is 0. The number of rotatable bonds is 7. The molecule has 0 amide bonds. The Hall–Kier alpha value is -1.19. The van der Waals surface area contributed by atoms with Gasteiger partial charge in [0.05, 0.1) is 13.0 Å². The Morgan fingerprint density at radius 3 is 2.29 bits per heavy atom. The number of hydrogen-bond acceptors (Lipinski definition) is 4. The largest absolute Gasteiger partial charge is 0.469 e. The van der Waals surface area contributed by atoms with E-state index < -0.39 is 0 Å². The van der Waals surface area contributed by atoms with Gasteiger partial charge in [-0.1, -0.05) is 19.3 Å². The average Bonchev–Trinajstić information content (AvgIpc) is 2.64. The number of carbonyl (C=O) groups excluding carboxylic acids is 3. The van der Waals surface area contributed by atoms with E-state index in [1.54, 1.807) is 0 Å². The smallest absolute Gasteiger partial charge is 0.305 e. The van der Waals surface area contributed by atoms with E-state index in [2.05, 4.69) is 4.74 Å². The van der Waals surface area contributed by atoms with Gasteiger partial charge < -0.3 is 4.74 Å². The summed E-state index contributed by atoms with van der Waals surface area (Å²) >= 11 is 0. The molecule has 0 aromatic rings. The van der Waals surface area contributed by atoms with Crippen molar-refractivity contribution in [2.75, 3.05) is 7.11 Å². The van der Waals surface area contributed by atoms with E-state index in [1.807, 2.05) is 0 Å². The maximum atomic E-state index is 11.4. The van der Waals surface area contributed by atoms with Gasteiger partial charge in [0.15, 0.2) is 0 Å². The molecule has 0 radical (unpaired) electrons. The van der Waals surface area contributed by atoms with Gasteiger partial charge in [-0.05, 0) is 12.8 Å². The van der Waals surface area contributed by atoms with Crippen LogP contribution in [-0.2, 0) is 19.1 Å². The maximum Gasteiger partial charge on any atom is 0.305 e. The fourth-order valence-corrected chi connectivity index (χ4v) is 2.17. The van der Waals surface area contributed by atoms with E-state index in [-0.39, 0.29) is 23.5 Å². The van der Waals surface area contributed by atoms with Crippen LogP contribution in [0.2, 0.25) is 0 Å². The number of ether oxygens (including phenoxy) is 1. The Balaban J connectivity index is 2.02. The summed E-state index contributed by atoms with van der Waals surface area (Å²) in [7, 11) is 1.39. The molecule has 17 heavy (non-hydrogen) atoms. The Morgan fingerprint density at radius 2 is 1.71 bits per heavy atom. The lowest BCUT2D eigenvalue weighted by molar-refractivity contribution is -0.140. The number of methoxy groups -OCH3 is 1. The van der Waals surface area contributed by atoms with E-state index in [4.69, 9.17) is 0 Å². The molecule has 0 aromatic carbocycles. The van der Waals surface area contributed by atoms with Gasteiger partial charge in [0.1, 0.15) is 11.6 Å². The molecule has 1 saturated carbocycles. The molecule has 0 heterocycles. The lowest BCUT2D eigenvalue weighted by Crippen LogP contribution is -2.13. The van der Waals surface area contributed by atoms with Crippen molar-refractivity contribution in [1.29, 1.82) is 0 Å². The molecule has 0 atom stereocenters. The van der Waals surface area contributed by atoms with Gasteiger partial charge >= 0.3 is 5.97 Å². The normalized spacial score (nSPS) is 16.5. The van der Waals surface area contributed by atoms with Crippen LogP contribution in [0.5, 0.6) is 0 Å². The average molecular weight is 240 g/mol. The van der Waals surface area contributed by atoms with Crippen molar-refractivity contribution in [3.05, 3.63) is 0 Å². The fraction of sp³-hybridized carbons (Fsp3) is 0.769. The first-order valence-electron chi connectivity index (χ1n) is 6.27. The summed E-state index contributed by atoms with van der Waals surface area (Å²) in [6.07, 6.45) is 5.65. The Labute approximate surface area is 102 Å². The Kier molecular flexibility index (Phi) is 5.87.